The van der Waals surface area contributed by atoms with E-state index in [-0.39, 0.29) is 36.7 Å². The van der Waals surface area contributed by atoms with Gasteiger partial charge in [-0.15, -0.1) is 0 Å². The quantitative estimate of drug-likeness (QED) is 0.700. The Morgan fingerprint density at radius 1 is 1.15 bits per heavy atom. The predicted molar refractivity (Wildman–Crippen MR) is 98.8 cm³/mol. The van der Waals surface area contributed by atoms with Crippen LogP contribution in [0.2, 0.25) is 0 Å². The zero-order valence-electron chi connectivity index (χ0n) is 15.6. The van der Waals surface area contributed by atoms with E-state index in [0.717, 1.165) is 12.8 Å². The second-order valence-corrected chi connectivity index (χ2v) is 6.87. The van der Waals surface area contributed by atoms with E-state index in [1.807, 2.05) is 13.8 Å². The van der Waals surface area contributed by atoms with Gasteiger partial charge >= 0.3 is 0 Å². The highest BCUT2D eigenvalue weighted by molar-refractivity contribution is 5.95. The van der Waals surface area contributed by atoms with Gasteiger partial charge in [-0.1, -0.05) is 13.8 Å². The molecule has 2 rings (SSSR count). The summed E-state index contributed by atoms with van der Waals surface area (Å²) in [7, 11) is 1.57. The number of methoxy groups -OCH3 is 1. The standard InChI is InChI=1S/C19H27N3O4/c1-13(2)19(25)22(11-14-4-5-14)12-18(24)20-10-17(23)21-15-6-8-16(26-3)9-7-15/h6-9,13-14H,4-5,10-12H2,1-3H3,(H,20,24)(H,21,23). The molecule has 7 heteroatoms. The highest BCUT2D eigenvalue weighted by Crippen LogP contribution is 2.30. The third-order valence-electron chi connectivity index (χ3n) is 4.14. The van der Waals surface area contributed by atoms with Gasteiger partial charge in [0.05, 0.1) is 20.2 Å². The van der Waals surface area contributed by atoms with Gasteiger partial charge in [0.15, 0.2) is 0 Å². The van der Waals surface area contributed by atoms with Crippen LogP contribution in [-0.4, -0.2) is 49.4 Å². The first-order chi connectivity index (χ1) is 12.4. The van der Waals surface area contributed by atoms with Crippen LogP contribution in [0.5, 0.6) is 5.75 Å². The monoisotopic (exact) mass is 361 g/mol. The summed E-state index contributed by atoms with van der Waals surface area (Å²) in [5, 5.41) is 5.27. The number of nitrogens with zero attached hydrogens (tertiary/aromatic N) is 1. The van der Waals surface area contributed by atoms with Gasteiger partial charge in [-0.3, -0.25) is 14.4 Å². The molecule has 3 amide bonds. The molecule has 0 aliphatic heterocycles. The fourth-order valence-corrected chi connectivity index (χ4v) is 2.50. The fourth-order valence-electron chi connectivity index (χ4n) is 2.50. The molecule has 0 atom stereocenters. The average molecular weight is 361 g/mol. The third-order valence-corrected chi connectivity index (χ3v) is 4.14. The van der Waals surface area contributed by atoms with Crippen molar-refractivity contribution in [2.24, 2.45) is 11.8 Å². The molecule has 0 spiro atoms. The number of carbonyl (C=O) groups is 3. The Morgan fingerprint density at radius 3 is 2.35 bits per heavy atom. The van der Waals surface area contributed by atoms with Crippen LogP contribution in [0.1, 0.15) is 26.7 Å². The van der Waals surface area contributed by atoms with Crippen molar-refractivity contribution in [2.75, 3.05) is 32.1 Å². The first kappa shape index (κ1) is 19.8. The molecule has 0 radical (unpaired) electrons. The third kappa shape index (κ3) is 6.38. The average Bonchev–Trinajstić information content (AvgIpc) is 3.43. The van der Waals surface area contributed by atoms with Crippen LogP contribution >= 0.6 is 0 Å². The van der Waals surface area contributed by atoms with E-state index in [1.54, 1.807) is 36.3 Å². The second-order valence-electron chi connectivity index (χ2n) is 6.87. The van der Waals surface area contributed by atoms with E-state index in [9.17, 15) is 14.4 Å². The fraction of sp³-hybridized carbons (Fsp3) is 0.526. The molecule has 0 bridgehead atoms. The van der Waals surface area contributed by atoms with Gasteiger partial charge in [-0.2, -0.15) is 0 Å². The maximum absolute atomic E-state index is 12.2. The van der Waals surface area contributed by atoms with Crippen molar-refractivity contribution in [3.05, 3.63) is 24.3 Å². The molecule has 26 heavy (non-hydrogen) atoms. The summed E-state index contributed by atoms with van der Waals surface area (Å²) >= 11 is 0. The van der Waals surface area contributed by atoms with E-state index in [1.165, 1.54) is 0 Å². The predicted octanol–water partition coefficient (Wildman–Crippen LogP) is 1.64. The molecular weight excluding hydrogens is 334 g/mol. The van der Waals surface area contributed by atoms with Crippen LogP contribution < -0.4 is 15.4 Å². The maximum Gasteiger partial charge on any atom is 0.243 e. The van der Waals surface area contributed by atoms with Crippen LogP contribution in [-0.2, 0) is 14.4 Å². The minimum Gasteiger partial charge on any atom is -0.497 e. The van der Waals surface area contributed by atoms with Crippen molar-refractivity contribution in [1.82, 2.24) is 10.2 Å². The minimum atomic E-state index is -0.329. The lowest BCUT2D eigenvalue weighted by Crippen LogP contribution is -2.44. The number of rotatable bonds is 9. The van der Waals surface area contributed by atoms with E-state index < -0.39 is 0 Å². The summed E-state index contributed by atoms with van der Waals surface area (Å²) in [6.07, 6.45) is 2.21. The van der Waals surface area contributed by atoms with E-state index in [2.05, 4.69) is 10.6 Å². The highest BCUT2D eigenvalue weighted by Gasteiger charge is 2.28. The molecule has 1 aliphatic carbocycles. The van der Waals surface area contributed by atoms with Crippen LogP contribution in [0.15, 0.2) is 24.3 Å². The number of nitrogens with one attached hydrogen (secondary N) is 2. The lowest BCUT2D eigenvalue weighted by atomic mass is 10.2. The van der Waals surface area contributed by atoms with Gasteiger partial charge in [0.2, 0.25) is 17.7 Å². The number of hydrogen-bond acceptors (Lipinski definition) is 4. The van der Waals surface area contributed by atoms with E-state index >= 15 is 0 Å². The molecule has 7 nitrogen and oxygen atoms in total. The van der Waals surface area contributed by atoms with Gasteiger partial charge in [-0.25, -0.2) is 0 Å². The second kappa shape index (κ2) is 9.22. The van der Waals surface area contributed by atoms with Gasteiger partial charge in [-0.05, 0) is 43.0 Å². The maximum atomic E-state index is 12.2. The molecule has 0 aromatic heterocycles. The molecule has 0 saturated heterocycles. The molecule has 0 unspecified atom stereocenters. The zero-order valence-corrected chi connectivity index (χ0v) is 15.6. The number of amides is 3. The Kier molecular flexibility index (Phi) is 7.00. The molecule has 1 aromatic rings. The first-order valence-corrected chi connectivity index (χ1v) is 8.88. The molecule has 1 aliphatic rings. The van der Waals surface area contributed by atoms with Gasteiger partial charge in [0.25, 0.3) is 0 Å². The Morgan fingerprint density at radius 2 is 1.81 bits per heavy atom. The van der Waals surface area contributed by atoms with Crippen LogP contribution in [0.3, 0.4) is 0 Å². The highest BCUT2D eigenvalue weighted by atomic mass is 16.5. The van der Waals surface area contributed by atoms with Crippen LogP contribution in [0, 0.1) is 11.8 Å². The summed E-state index contributed by atoms with van der Waals surface area (Å²) in [6, 6.07) is 6.91. The van der Waals surface area contributed by atoms with Crippen molar-refractivity contribution in [3.63, 3.8) is 0 Å². The Labute approximate surface area is 154 Å². The normalized spacial score (nSPS) is 13.2. The molecule has 1 fully saturated rings. The minimum absolute atomic E-state index is 0.0106. The van der Waals surface area contributed by atoms with Crippen molar-refractivity contribution in [2.45, 2.75) is 26.7 Å². The van der Waals surface area contributed by atoms with Crippen LogP contribution in [0.25, 0.3) is 0 Å². The smallest absolute Gasteiger partial charge is 0.243 e. The molecule has 0 heterocycles. The molecule has 1 saturated carbocycles. The molecular formula is C19H27N3O4. The topological polar surface area (TPSA) is 87.7 Å². The summed E-state index contributed by atoms with van der Waals surface area (Å²) in [6.45, 7) is 4.11. The Balaban J connectivity index is 1.78. The van der Waals surface area contributed by atoms with E-state index in [0.29, 0.717) is 23.9 Å². The molecule has 1 aromatic carbocycles. The van der Waals surface area contributed by atoms with E-state index in [4.69, 9.17) is 4.74 Å². The van der Waals surface area contributed by atoms with Crippen molar-refractivity contribution >= 4 is 23.4 Å². The number of benzene rings is 1. The molecule has 142 valence electrons. The van der Waals surface area contributed by atoms with Crippen molar-refractivity contribution in [3.8, 4) is 5.75 Å². The van der Waals surface area contributed by atoms with Crippen molar-refractivity contribution in [1.29, 1.82) is 0 Å². The van der Waals surface area contributed by atoms with Gasteiger partial charge in [0.1, 0.15) is 5.75 Å². The van der Waals surface area contributed by atoms with Crippen molar-refractivity contribution < 1.29 is 19.1 Å². The number of hydrogen-bond donors (Lipinski definition) is 2. The number of ether oxygens (including phenoxy) is 1. The lowest BCUT2D eigenvalue weighted by Gasteiger charge is -2.24. The SMILES string of the molecule is COc1ccc(NC(=O)CNC(=O)CN(CC2CC2)C(=O)C(C)C)cc1. The summed E-state index contributed by atoms with van der Waals surface area (Å²) in [4.78, 5) is 37.9. The van der Waals surface area contributed by atoms with Gasteiger partial charge < -0.3 is 20.3 Å². The lowest BCUT2D eigenvalue weighted by molar-refractivity contribution is -0.138. The zero-order chi connectivity index (χ0) is 19.1. The number of carbonyl (C=O) groups excluding carboxylic acids is 3. The van der Waals surface area contributed by atoms with Crippen LogP contribution in [0.4, 0.5) is 5.69 Å². The summed E-state index contributed by atoms with van der Waals surface area (Å²) < 4.78 is 5.06. The largest absolute Gasteiger partial charge is 0.497 e. The first-order valence-electron chi connectivity index (χ1n) is 8.88. The summed E-state index contributed by atoms with van der Waals surface area (Å²) in [5.74, 6) is 0.359. The Hall–Kier alpha value is -2.57. The summed E-state index contributed by atoms with van der Waals surface area (Å²) in [5.41, 5.74) is 0.621. The Bertz CT molecular complexity index is 639. The number of anilines is 1. The molecule has 2 N–H and O–H groups in total. The van der Waals surface area contributed by atoms with Gasteiger partial charge in [0, 0.05) is 18.2 Å².